The summed E-state index contributed by atoms with van der Waals surface area (Å²) in [6, 6.07) is 13.5. The van der Waals surface area contributed by atoms with Crippen LogP contribution >= 0.6 is 27.7 Å². The number of hydrogen-bond acceptors (Lipinski definition) is 5. The summed E-state index contributed by atoms with van der Waals surface area (Å²) in [5, 5.41) is 12.0. The van der Waals surface area contributed by atoms with Gasteiger partial charge in [-0.2, -0.15) is 0 Å². The molecule has 8 heteroatoms. The second-order valence-electron chi connectivity index (χ2n) is 6.30. The summed E-state index contributed by atoms with van der Waals surface area (Å²) in [6.07, 6.45) is 0. The molecule has 0 atom stereocenters. The molecular weight excluding hydrogens is 440 g/mol. The highest BCUT2D eigenvalue weighted by Gasteiger charge is 2.13. The topological polar surface area (TPSA) is 69.0 Å². The molecule has 0 bridgehead atoms. The molecule has 1 heterocycles. The van der Waals surface area contributed by atoms with Crippen LogP contribution in [0.1, 0.15) is 17.0 Å². The van der Waals surface area contributed by atoms with E-state index in [2.05, 4.69) is 31.4 Å². The summed E-state index contributed by atoms with van der Waals surface area (Å²) >= 11 is 4.74. The summed E-state index contributed by atoms with van der Waals surface area (Å²) in [6.45, 7) is 4.27. The van der Waals surface area contributed by atoms with Gasteiger partial charge in [-0.1, -0.05) is 45.9 Å². The summed E-state index contributed by atoms with van der Waals surface area (Å²) in [5.41, 5.74) is 2.96. The lowest BCUT2D eigenvalue weighted by atomic mass is 10.1. The second kappa shape index (κ2) is 9.25. The van der Waals surface area contributed by atoms with Gasteiger partial charge in [-0.3, -0.25) is 4.79 Å². The number of anilines is 1. The molecule has 0 aliphatic heterocycles. The predicted octanol–water partition coefficient (Wildman–Crippen LogP) is 4.50. The highest BCUT2D eigenvalue weighted by atomic mass is 79.9. The van der Waals surface area contributed by atoms with Crippen LogP contribution in [0.15, 0.2) is 52.1 Å². The van der Waals surface area contributed by atoms with Gasteiger partial charge >= 0.3 is 0 Å². The molecule has 0 fully saturated rings. The van der Waals surface area contributed by atoms with Crippen molar-refractivity contribution in [1.29, 1.82) is 0 Å². The van der Waals surface area contributed by atoms with Crippen molar-refractivity contribution in [2.24, 2.45) is 7.05 Å². The monoisotopic (exact) mass is 460 g/mol. The fourth-order valence-corrected chi connectivity index (χ4v) is 3.59. The lowest BCUT2D eigenvalue weighted by Crippen LogP contribution is -2.16. The number of thioether (sulfide) groups is 1. The third-order valence-electron chi connectivity index (χ3n) is 4.18. The third kappa shape index (κ3) is 5.14. The van der Waals surface area contributed by atoms with Crippen molar-refractivity contribution in [3.8, 4) is 5.75 Å². The van der Waals surface area contributed by atoms with Crippen molar-refractivity contribution < 1.29 is 9.53 Å². The van der Waals surface area contributed by atoms with E-state index in [9.17, 15) is 4.79 Å². The Kier molecular flexibility index (Phi) is 6.74. The molecule has 0 aliphatic rings. The van der Waals surface area contributed by atoms with Crippen LogP contribution in [-0.2, 0) is 18.4 Å². The molecule has 2 aromatic carbocycles. The van der Waals surface area contributed by atoms with Crippen molar-refractivity contribution in [3.63, 3.8) is 0 Å². The van der Waals surface area contributed by atoms with Crippen LogP contribution in [-0.4, -0.2) is 26.4 Å². The minimum Gasteiger partial charge on any atom is -0.486 e. The Balaban J connectivity index is 1.55. The highest BCUT2D eigenvalue weighted by molar-refractivity contribution is 9.10. The molecule has 1 N–H and O–H groups in total. The minimum absolute atomic E-state index is 0.0712. The molecular formula is C20H21BrN4O2S. The molecule has 6 nitrogen and oxygen atoms in total. The largest absolute Gasteiger partial charge is 0.486 e. The van der Waals surface area contributed by atoms with Crippen LogP contribution < -0.4 is 10.1 Å². The number of rotatable bonds is 7. The van der Waals surface area contributed by atoms with Gasteiger partial charge in [-0.25, -0.2) is 0 Å². The average molecular weight is 461 g/mol. The van der Waals surface area contributed by atoms with E-state index < -0.39 is 0 Å². The lowest BCUT2D eigenvalue weighted by Gasteiger charge is -2.11. The van der Waals surface area contributed by atoms with Crippen molar-refractivity contribution in [2.75, 3.05) is 11.1 Å². The van der Waals surface area contributed by atoms with E-state index in [4.69, 9.17) is 4.74 Å². The summed E-state index contributed by atoms with van der Waals surface area (Å²) in [5.74, 6) is 1.64. The second-order valence-corrected chi connectivity index (χ2v) is 8.16. The predicted molar refractivity (Wildman–Crippen MR) is 115 cm³/mol. The van der Waals surface area contributed by atoms with Crippen LogP contribution in [0.5, 0.6) is 5.75 Å². The third-order valence-corrected chi connectivity index (χ3v) is 5.73. The molecule has 1 amide bonds. The summed E-state index contributed by atoms with van der Waals surface area (Å²) < 4.78 is 8.58. The van der Waals surface area contributed by atoms with Gasteiger partial charge in [0.1, 0.15) is 12.4 Å². The summed E-state index contributed by atoms with van der Waals surface area (Å²) in [4.78, 5) is 12.3. The van der Waals surface area contributed by atoms with E-state index in [0.29, 0.717) is 17.6 Å². The SMILES string of the molecule is Cc1cccc(C)c1NC(=O)CSc1nnc(COc2ccc(Br)cc2)n1C. The van der Waals surface area contributed by atoms with Gasteiger partial charge in [-0.15, -0.1) is 10.2 Å². The Morgan fingerprint density at radius 2 is 1.82 bits per heavy atom. The quantitative estimate of drug-likeness (QED) is 0.525. The minimum atomic E-state index is -0.0712. The molecule has 0 unspecified atom stereocenters. The van der Waals surface area contributed by atoms with Crippen LogP contribution in [0.2, 0.25) is 0 Å². The molecule has 0 saturated carbocycles. The fraction of sp³-hybridized carbons (Fsp3) is 0.250. The zero-order valence-corrected chi connectivity index (χ0v) is 18.3. The number of benzene rings is 2. The number of aromatic nitrogens is 3. The molecule has 3 rings (SSSR count). The first-order valence-electron chi connectivity index (χ1n) is 8.69. The van der Waals surface area contributed by atoms with E-state index in [1.165, 1.54) is 11.8 Å². The number of aryl methyl sites for hydroxylation is 2. The maximum Gasteiger partial charge on any atom is 0.234 e. The van der Waals surface area contributed by atoms with Crippen molar-refractivity contribution in [3.05, 3.63) is 63.9 Å². The number of hydrogen-bond donors (Lipinski definition) is 1. The number of nitrogens with one attached hydrogen (secondary N) is 1. The Morgan fingerprint density at radius 3 is 2.50 bits per heavy atom. The number of nitrogens with zero attached hydrogens (tertiary/aromatic N) is 3. The first-order valence-corrected chi connectivity index (χ1v) is 10.5. The standard InChI is InChI=1S/C20H21BrN4O2S/c1-13-5-4-6-14(2)19(13)22-18(26)12-28-20-24-23-17(25(20)3)11-27-16-9-7-15(21)8-10-16/h4-10H,11-12H2,1-3H3,(H,22,26). The van der Waals surface area contributed by atoms with E-state index >= 15 is 0 Å². The van der Waals surface area contributed by atoms with Crippen molar-refractivity contribution in [2.45, 2.75) is 25.6 Å². The van der Waals surface area contributed by atoms with Gasteiger partial charge in [0, 0.05) is 17.2 Å². The fourth-order valence-electron chi connectivity index (χ4n) is 2.59. The maximum atomic E-state index is 12.3. The van der Waals surface area contributed by atoms with Crippen LogP contribution in [0, 0.1) is 13.8 Å². The highest BCUT2D eigenvalue weighted by Crippen LogP contribution is 2.22. The number of amides is 1. The normalized spacial score (nSPS) is 10.7. The molecule has 0 radical (unpaired) electrons. The average Bonchev–Trinajstić information content (AvgIpc) is 3.02. The zero-order valence-electron chi connectivity index (χ0n) is 15.9. The molecule has 0 aliphatic carbocycles. The van der Waals surface area contributed by atoms with Gasteiger partial charge in [-0.05, 0) is 49.2 Å². The van der Waals surface area contributed by atoms with Crippen molar-refractivity contribution >= 4 is 39.3 Å². The van der Waals surface area contributed by atoms with Crippen LogP contribution in [0.25, 0.3) is 0 Å². The maximum absolute atomic E-state index is 12.3. The Hall–Kier alpha value is -2.32. The van der Waals surface area contributed by atoms with E-state index in [1.54, 1.807) is 0 Å². The molecule has 3 aromatic rings. The lowest BCUT2D eigenvalue weighted by molar-refractivity contribution is -0.113. The van der Waals surface area contributed by atoms with Crippen molar-refractivity contribution in [1.82, 2.24) is 14.8 Å². The van der Waals surface area contributed by atoms with Gasteiger partial charge in [0.2, 0.25) is 5.91 Å². The smallest absolute Gasteiger partial charge is 0.234 e. The molecule has 0 saturated heterocycles. The number of carbonyl (C=O) groups excluding carboxylic acids is 1. The Labute approximate surface area is 176 Å². The molecule has 0 spiro atoms. The Morgan fingerprint density at radius 1 is 1.14 bits per heavy atom. The first kappa shape index (κ1) is 20.4. The van der Waals surface area contributed by atoms with Crippen LogP contribution in [0.3, 0.4) is 0 Å². The number of halogens is 1. The summed E-state index contributed by atoms with van der Waals surface area (Å²) in [7, 11) is 1.87. The molecule has 28 heavy (non-hydrogen) atoms. The van der Waals surface area contributed by atoms with Crippen LogP contribution in [0.4, 0.5) is 5.69 Å². The molecule has 1 aromatic heterocycles. The van der Waals surface area contributed by atoms with Gasteiger partial charge < -0.3 is 14.6 Å². The van der Waals surface area contributed by atoms with E-state index in [-0.39, 0.29) is 11.7 Å². The number of carbonyl (C=O) groups is 1. The number of ether oxygens (including phenoxy) is 1. The van der Waals surface area contributed by atoms with Gasteiger partial charge in [0.15, 0.2) is 11.0 Å². The Bertz CT molecular complexity index is 953. The van der Waals surface area contributed by atoms with Gasteiger partial charge in [0.05, 0.1) is 5.75 Å². The van der Waals surface area contributed by atoms with E-state index in [0.717, 1.165) is 27.0 Å². The zero-order chi connectivity index (χ0) is 20.1. The van der Waals surface area contributed by atoms with E-state index in [1.807, 2.05) is 67.9 Å². The first-order chi connectivity index (χ1) is 13.4. The van der Waals surface area contributed by atoms with Gasteiger partial charge in [0.25, 0.3) is 0 Å². The number of para-hydroxylation sites is 1. The molecule has 146 valence electrons.